The molecule has 12 saturated carbocycles. The molecule has 6 heterocycles. The van der Waals surface area contributed by atoms with Crippen molar-refractivity contribution in [3.63, 3.8) is 0 Å². The van der Waals surface area contributed by atoms with E-state index < -0.39 is 16.2 Å². The number of hydrogen-bond acceptors (Lipinski definition) is 27. The summed E-state index contributed by atoms with van der Waals surface area (Å²) >= 11 is 0. The Morgan fingerprint density at radius 1 is 0.295 bits per heavy atom. The van der Waals surface area contributed by atoms with E-state index in [1.807, 2.05) is 111 Å². The monoisotopic (exact) mass is 1880 g/mol. The molecule has 0 N–H and O–H groups in total. The van der Waals surface area contributed by atoms with Gasteiger partial charge in [-0.25, -0.2) is 0 Å². The number of carbonyl (C=O) groups excluding carboxylic acids is 12. The van der Waals surface area contributed by atoms with Crippen LogP contribution < -0.4 is 0 Å². The van der Waals surface area contributed by atoms with E-state index in [0.717, 1.165) is 83.5 Å². The van der Waals surface area contributed by atoms with Crippen LogP contribution in [0, 0.1) is 188 Å². The molecule has 27 nitrogen and oxygen atoms in total. The van der Waals surface area contributed by atoms with E-state index >= 15 is 0 Å². The van der Waals surface area contributed by atoms with Gasteiger partial charge >= 0.3 is 71.6 Å². The Hall–Kier alpha value is -6.48. The second-order valence-corrected chi connectivity index (χ2v) is 40.7. The minimum absolute atomic E-state index is 0. The van der Waals surface area contributed by atoms with Gasteiger partial charge in [0.05, 0.1) is 127 Å². The van der Waals surface area contributed by atoms with Crippen LogP contribution in [0.15, 0.2) is 0 Å². The molecule has 18 rings (SSSR count). The third kappa shape index (κ3) is 22.4. The molecule has 6 aliphatic heterocycles. The van der Waals surface area contributed by atoms with Gasteiger partial charge in [-0.05, 0) is 162 Å². The molecule has 0 spiro atoms. The van der Waals surface area contributed by atoms with Crippen molar-refractivity contribution in [2.24, 2.45) is 188 Å². The number of methoxy groups -OCH3 is 2. The van der Waals surface area contributed by atoms with Crippen LogP contribution in [0.2, 0.25) is 0 Å². The molecular weight excluding hydrogens is 1690 g/mol. The Morgan fingerprint density at radius 3 is 0.841 bits per heavy atom. The summed E-state index contributed by atoms with van der Waals surface area (Å²) in [6.07, 6.45) is 10.0. The van der Waals surface area contributed by atoms with Gasteiger partial charge in [-0.15, -0.1) is 0 Å². The number of ether oxygens (including phenoxy) is 15. The fourth-order valence-electron chi connectivity index (χ4n) is 24.9. The van der Waals surface area contributed by atoms with Gasteiger partial charge in [-0.3, -0.25) is 57.5 Å². The van der Waals surface area contributed by atoms with E-state index in [1.165, 1.54) is 0 Å². The van der Waals surface area contributed by atoms with Gasteiger partial charge in [0.1, 0.15) is 36.6 Å². The van der Waals surface area contributed by atoms with E-state index in [1.54, 1.807) is 14.2 Å². The molecule has 0 radical (unpaired) electrons. The van der Waals surface area contributed by atoms with E-state index in [2.05, 4.69) is 13.8 Å². The van der Waals surface area contributed by atoms with Crippen molar-refractivity contribution in [1.29, 1.82) is 0 Å². The maximum Gasteiger partial charge on any atom is 0.311 e. The van der Waals surface area contributed by atoms with Gasteiger partial charge in [0, 0.05) is 110 Å². The molecule has 0 aromatic rings. The molecule has 0 amide bonds. The Morgan fingerprint density at radius 2 is 0.538 bits per heavy atom. The molecule has 0 aromatic heterocycles. The zero-order valence-electron chi connectivity index (χ0n) is 74.6. The summed E-state index contributed by atoms with van der Waals surface area (Å²) < 4.78 is 82.8. The Kier molecular flexibility index (Phi) is 46.0. The SMILES string of the molecule is C.C.C.C.C.C.C.C.C.C.C.C.CCC(C)(C)C(=O)OC1C(C)C2CC1C1COC(=O)C21.CCC(C)(C)C(=O)OC1C2CC(C1OC)C1C(=O)OCC21.CCC(C)C(=O)OC1C(C)C2CC1C1COC(=O)C21.CCC(C)C(=O)OC1C2CC(C1OC)C1C(=O)OCC21.CCC(C)C(=O)OC1CC2CC1C1COC(=O)C21.CCOC1C2CC(C3COC(=O)C32)C1OC(=O)C(C)(C)CC. The van der Waals surface area contributed by atoms with Crippen LogP contribution in [0.3, 0.4) is 0 Å². The molecule has 27 heteroatoms. The minimum Gasteiger partial charge on any atom is -0.465 e. The molecule has 12 bridgehead atoms. The molecule has 38 atom stereocenters. The van der Waals surface area contributed by atoms with Crippen LogP contribution in [0.25, 0.3) is 0 Å². The first-order valence-electron chi connectivity index (χ1n) is 45.8. The van der Waals surface area contributed by atoms with Gasteiger partial charge in [-0.2, -0.15) is 0 Å². The van der Waals surface area contributed by atoms with Gasteiger partial charge in [0.25, 0.3) is 0 Å². The molecule has 132 heavy (non-hydrogen) atoms. The molecule has 0 aromatic carbocycles. The van der Waals surface area contributed by atoms with Crippen LogP contribution in [0.1, 0.15) is 297 Å². The zero-order chi connectivity index (χ0) is 87.1. The van der Waals surface area contributed by atoms with Crippen molar-refractivity contribution in [2.75, 3.05) is 60.5 Å². The maximum atomic E-state index is 12.5. The fourth-order valence-corrected chi connectivity index (χ4v) is 24.9. The molecule has 18 fully saturated rings. The Bertz CT molecular complexity index is 3810. The number of fused-ring (bicyclic) bond motifs is 30. The molecule has 12 aliphatic carbocycles. The first-order chi connectivity index (χ1) is 56.9. The molecular formula is C105H186O27. The van der Waals surface area contributed by atoms with Crippen molar-refractivity contribution in [2.45, 2.75) is 352 Å². The Balaban J connectivity index is 0.000000778. The van der Waals surface area contributed by atoms with Crippen LogP contribution >= 0.6 is 0 Å². The summed E-state index contributed by atoms with van der Waals surface area (Å²) in [6.45, 7) is 38.8. The lowest BCUT2D eigenvalue weighted by Crippen LogP contribution is -2.47. The second-order valence-electron chi connectivity index (χ2n) is 40.7. The topological polar surface area (TPSA) is 343 Å². The first-order valence-corrected chi connectivity index (χ1v) is 45.8. The molecule has 6 saturated heterocycles. The second kappa shape index (κ2) is 49.2. The minimum atomic E-state index is -0.486. The van der Waals surface area contributed by atoms with E-state index in [4.69, 9.17) is 71.1 Å². The van der Waals surface area contributed by atoms with Gasteiger partial charge in [0.15, 0.2) is 0 Å². The normalized spacial score (nSPS) is 38.4. The third-order valence-corrected chi connectivity index (χ3v) is 33.8. The van der Waals surface area contributed by atoms with Crippen molar-refractivity contribution >= 4 is 71.6 Å². The van der Waals surface area contributed by atoms with Crippen LogP contribution in [-0.4, -0.2) is 187 Å². The fraction of sp³-hybridized carbons (Fsp3) is 0.886. The van der Waals surface area contributed by atoms with E-state index in [0.29, 0.717) is 87.7 Å². The number of hydrogen-bond donors (Lipinski definition) is 0. The first kappa shape index (κ1) is 124. The summed E-state index contributed by atoms with van der Waals surface area (Å²) in [7, 11) is 3.26. The van der Waals surface area contributed by atoms with Crippen molar-refractivity contribution in [3.8, 4) is 0 Å². The molecule has 38 unspecified atom stereocenters. The van der Waals surface area contributed by atoms with Gasteiger partial charge in [0.2, 0.25) is 0 Å². The molecule has 18 aliphatic rings. The standard InChI is InChI=1S/C17H26O5.C16H24O5.C16H24O4.C15H22O5.C15H22O4.C14H20O4.12CH4/c1-5-17(3,4)16(19)22-14-9-7-10(13(14)20-6-2)12-11(9)8-21-15(12)18;1-5-16(2,3)15(18)21-13-8-6-9(12(13)19-4)11-10(8)7-20-14(11)17;1-5-16(3,4)15(18)20-13-8(2)9-6-10(13)11-7-19-14(17)12(9)11;1-4-7(2)14(16)20-13-8-5-9(12(13)18-3)11-10(8)6-19-15(11)17;1-4-7(2)14(16)19-13-8(3)9-5-10(13)11-6-18-15(17)12(9)11;1-3-7(2)13(15)18-11-5-8-4-9(11)10-6-17-14(16)12(8)10;;;;;;;;;;;;/h9-14H,5-8H2,1-4H3;8-13H,5-7H2,1-4H3;8-13H,5-7H2,1-4H3;7-13H,4-6H2,1-3H3;7-13H,4-6H2,1-3H3;7-12H,3-6H2,1-2H3;12*1H4. The third-order valence-electron chi connectivity index (χ3n) is 33.8. The molecule has 768 valence electrons. The highest BCUT2D eigenvalue weighted by Gasteiger charge is 2.70. The average molecular weight is 1880 g/mol. The zero-order valence-corrected chi connectivity index (χ0v) is 74.6. The van der Waals surface area contributed by atoms with Crippen LogP contribution in [0.4, 0.5) is 0 Å². The lowest BCUT2D eigenvalue weighted by Gasteiger charge is -2.36. The summed E-state index contributed by atoms with van der Waals surface area (Å²) in [5.41, 5.74) is -1.40. The van der Waals surface area contributed by atoms with Crippen LogP contribution in [0.5, 0.6) is 0 Å². The van der Waals surface area contributed by atoms with Gasteiger partial charge in [-0.1, -0.05) is 165 Å². The summed E-state index contributed by atoms with van der Waals surface area (Å²) in [5, 5.41) is 0. The van der Waals surface area contributed by atoms with E-state index in [9.17, 15) is 57.5 Å². The predicted molar refractivity (Wildman–Crippen MR) is 508 cm³/mol. The van der Waals surface area contributed by atoms with Crippen molar-refractivity contribution < 1.29 is 129 Å². The number of cyclic esters (lactones) is 6. The smallest absolute Gasteiger partial charge is 0.311 e. The quantitative estimate of drug-likeness (QED) is 0.0717. The van der Waals surface area contributed by atoms with E-state index in [-0.39, 0.29) is 346 Å². The lowest BCUT2D eigenvalue weighted by atomic mass is 9.74. The highest BCUT2D eigenvalue weighted by atomic mass is 16.6. The number of carbonyl (C=O) groups is 12. The number of esters is 12. The highest BCUT2D eigenvalue weighted by Crippen LogP contribution is 2.64. The largest absolute Gasteiger partial charge is 0.465 e. The van der Waals surface area contributed by atoms with Crippen molar-refractivity contribution in [3.05, 3.63) is 0 Å². The summed E-state index contributed by atoms with van der Waals surface area (Å²) in [5.74, 6) is 3.71. The van der Waals surface area contributed by atoms with Gasteiger partial charge < -0.3 is 71.1 Å². The average Bonchev–Trinajstić information content (AvgIpc) is 1.56. The summed E-state index contributed by atoms with van der Waals surface area (Å²) in [6, 6.07) is 0. The Labute approximate surface area is 796 Å². The summed E-state index contributed by atoms with van der Waals surface area (Å²) in [4.78, 5) is 144. The van der Waals surface area contributed by atoms with Crippen molar-refractivity contribution in [1.82, 2.24) is 0 Å². The van der Waals surface area contributed by atoms with Crippen LogP contribution in [-0.2, 0) is 129 Å². The lowest BCUT2D eigenvalue weighted by molar-refractivity contribution is -0.177. The number of rotatable bonds is 22. The maximum absolute atomic E-state index is 12.5. The highest BCUT2D eigenvalue weighted by molar-refractivity contribution is 5.82. The predicted octanol–water partition coefficient (Wildman–Crippen LogP) is 19.2.